The largest absolute Gasteiger partial charge is 0.496 e. The van der Waals surface area contributed by atoms with Crippen LogP contribution in [0, 0.1) is 0 Å². The van der Waals surface area contributed by atoms with Gasteiger partial charge in [0.2, 0.25) is 0 Å². The molecule has 1 saturated carbocycles. The number of methoxy groups -OCH3 is 1. The fraction of sp³-hybridized carbons (Fsp3) is 0.538. The maximum atomic E-state index is 10.5. The Morgan fingerprint density at radius 3 is 2.55 bits per heavy atom. The van der Waals surface area contributed by atoms with E-state index in [0.29, 0.717) is 19.2 Å². The van der Waals surface area contributed by atoms with Gasteiger partial charge >= 0.3 is 0 Å². The topological polar surface area (TPSA) is 45.2 Å². The molecule has 5 heteroatoms. The maximum Gasteiger partial charge on any atom is 0.123 e. The number of hydrogen-bond donors (Lipinski definition) is 1. The molecule has 1 N–H and O–H groups in total. The van der Waals surface area contributed by atoms with Gasteiger partial charge in [-0.05, 0) is 50.7 Å². The van der Waals surface area contributed by atoms with E-state index in [2.05, 4.69) is 42.1 Å². The molecule has 0 amide bonds. The lowest BCUT2D eigenvalue weighted by molar-refractivity contribution is 0.0561. The van der Waals surface area contributed by atoms with E-state index >= 15 is 0 Å². The lowest BCUT2D eigenvalue weighted by Crippen LogP contribution is -2.40. The van der Waals surface area contributed by atoms with Gasteiger partial charge in [-0.3, -0.25) is 4.90 Å². The summed E-state index contributed by atoms with van der Waals surface area (Å²) in [5.41, 5.74) is 2.36. The molecule has 1 atom stereocenters. The fourth-order valence-electron chi connectivity index (χ4n) is 4.47. The second-order valence-corrected chi connectivity index (χ2v) is 8.83. The first kappa shape index (κ1) is 23.6. The average Bonchev–Trinajstić information content (AvgIpc) is 2.79. The first-order chi connectivity index (χ1) is 15.0. The SMILES string of the molecule is COc1ccccc1CN(C)Cc1cccc(OC[C@@H](O)CN(C)C2CCCCC2)c1. The van der Waals surface area contributed by atoms with E-state index < -0.39 is 6.10 Å². The van der Waals surface area contributed by atoms with Crippen LogP contribution in [0.3, 0.4) is 0 Å². The van der Waals surface area contributed by atoms with Crippen LogP contribution in [0.2, 0.25) is 0 Å². The van der Waals surface area contributed by atoms with Crippen molar-refractivity contribution in [1.82, 2.24) is 9.80 Å². The molecule has 1 fully saturated rings. The summed E-state index contributed by atoms with van der Waals surface area (Å²) in [5, 5.41) is 10.5. The number of para-hydroxylation sites is 1. The van der Waals surface area contributed by atoms with Gasteiger partial charge in [-0.1, -0.05) is 49.6 Å². The summed E-state index contributed by atoms with van der Waals surface area (Å²) in [6, 6.07) is 16.9. The molecule has 1 aliphatic carbocycles. The number of hydrogen-bond acceptors (Lipinski definition) is 5. The molecule has 0 heterocycles. The molecule has 1 aliphatic rings. The van der Waals surface area contributed by atoms with E-state index in [-0.39, 0.29) is 0 Å². The van der Waals surface area contributed by atoms with Crippen LogP contribution in [0.1, 0.15) is 43.2 Å². The highest BCUT2D eigenvalue weighted by atomic mass is 16.5. The summed E-state index contributed by atoms with van der Waals surface area (Å²) in [7, 11) is 5.93. The van der Waals surface area contributed by atoms with Crippen molar-refractivity contribution < 1.29 is 14.6 Å². The minimum atomic E-state index is -0.483. The minimum Gasteiger partial charge on any atom is -0.496 e. The number of aliphatic hydroxyl groups is 1. The van der Waals surface area contributed by atoms with Crippen LogP contribution in [0.5, 0.6) is 11.5 Å². The van der Waals surface area contributed by atoms with Crippen molar-refractivity contribution in [2.45, 2.75) is 57.3 Å². The summed E-state index contributed by atoms with van der Waals surface area (Å²) in [6.07, 6.45) is 5.97. The van der Waals surface area contributed by atoms with E-state index in [1.165, 1.54) is 43.2 Å². The first-order valence-electron chi connectivity index (χ1n) is 11.5. The Morgan fingerprint density at radius 1 is 1.00 bits per heavy atom. The normalized spacial score (nSPS) is 15.9. The Labute approximate surface area is 187 Å². The smallest absolute Gasteiger partial charge is 0.123 e. The molecule has 31 heavy (non-hydrogen) atoms. The quantitative estimate of drug-likeness (QED) is 0.579. The highest BCUT2D eigenvalue weighted by Crippen LogP contribution is 2.22. The van der Waals surface area contributed by atoms with Gasteiger partial charge in [0.15, 0.2) is 0 Å². The van der Waals surface area contributed by atoms with Crippen molar-refractivity contribution in [1.29, 1.82) is 0 Å². The van der Waals surface area contributed by atoms with Gasteiger partial charge in [-0.15, -0.1) is 0 Å². The highest BCUT2D eigenvalue weighted by molar-refractivity contribution is 5.33. The lowest BCUT2D eigenvalue weighted by atomic mass is 9.94. The molecule has 3 rings (SSSR count). The van der Waals surface area contributed by atoms with E-state index in [9.17, 15) is 5.11 Å². The van der Waals surface area contributed by atoms with Crippen LogP contribution in [-0.4, -0.2) is 61.4 Å². The zero-order valence-corrected chi connectivity index (χ0v) is 19.3. The molecule has 170 valence electrons. The molecular formula is C26H38N2O3. The van der Waals surface area contributed by atoms with Crippen LogP contribution in [0.25, 0.3) is 0 Å². The Kier molecular flexibility index (Phi) is 9.19. The standard InChI is InChI=1S/C26H38N2O3/c1-27(18-22-11-7-8-15-26(22)30-3)17-21-10-9-14-25(16-21)31-20-24(29)19-28(2)23-12-5-4-6-13-23/h7-11,14-16,23-24,29H,4-6,12-13,17-20H2,1-3H3/t24-/m0/s1. The van der Waals surface area contributed by atoms with Crippen molar-refractivity contribution in [2.24, 2.45) is 0 Å². The molecule has 0 radical (unpaired) electrons. The summed E-state index contributed by atoms with van der Waals surface area (Å²) in [5.74, 6) is 1.72. The number of likely N-dealkylation sites (N-methyl/N-ethyl adjacent to an activating group) is 1. The summed E-state index contributed by atoms with van der Waals surface area (Å²) in [6.45, 7) is 2.59. The van der Waals surface area contributed by atoms with Crippen LogP contribution in [0.15, 0.2) is 48.5 Å². The zero-order chi connectivity index (χ0) is 22.1. The number of nitrogens with zero attached hydrogens (tertiary/aromatic N) is 2. The van der Waals surface area contributed by atoms with Gasteiger partial charge in [-0.25, -0.2) is 0 Å². The Balaban J connectivity index is 1.47. The van der Waals surface area contributed by atoms with Crippen molar-refractivity contribution >= 4 is 0 Å². The van der Waals surface area contributed by atoms with Crippen LogP contribution >= 0.6 is 0 Å². The maximum absolute atomic E-state index is 10.5. The van der Waals surface area contributed by atoms with Gasteiger partial charge in [0, 0.05) is 31.2 Å². The number of ether oxygens (including phenoxy) is 2. The number of benzene rings is 2. The van der Waals surface area contributed by atoms with E-state index in [1.54, 1.807) is 7.11 Å². The molecule has 0 unspecified atom stereocenters. The number of aliphatic hydroxyl groups excluding tert-OH is 1. The summed E-state index contributed by atoms with van der Waals surface area (Å²) in [4.78, 5) is 4.56. The molecule has 2 aromatic rings. The number of rotatable bonds is 11. The molecule has 0 aromatic heterocycles. The molecule has 0 spiro atoms. The van der Waals surface area contributed by atoms with Crippen LogP contribution < -0.4 is 9.47 Å². The summed E-state index contributed by atoms with van der Waals surface area (Å²) < 4.78 is 11.4. The van der Waals surface area contributed by atoms with Crippen molar-refractivity contribution in [2.75, 3.05) is 34.4 Å². The second-order valence-electron chi connectivity index (χ2n) is 8.83. The highest BCUT2D eigenvalue weighted by Gasteiger charge is 2.20. The second kappa shape index (κ2) is 12.1. The van der Waals surface area contributed by atoms with Crippen LogP contribution in [-0.2, 0) is 13.1 Å². The van der Waals surface area contributed by atoms with E-state index in [0.717, 1.165) is 24.6 Å². The average molecular weight is 427 g/mol. The third-order valence-corrected chi connectivity index (χ3v) is 6.12. The Morgan fingerprint density at radius 2 is 1.77 bits per heavy atom. The predicted octanol–water partition coefficient (Wildman–Crippen LogP) is 4.33. The van der Waals surface area contributed by atoms with Gasteiger partial charge in [0.05, 0.1) is 7.11 Å². The lowest BCUT2D eigenvalue weighted by Gasteiger charge is -2.32. The van der Waals surface area contributed by atoms with Crippen molar-refractivity contribution in [3.63, 3.8) is 0 Å². The molecule has 0 saturated heterocycles. The minimum absolute atomic E-state index is 0.317. The predicted molar refractivity (Wildman–Crippen MR) is 126 cm³/mol. The van der Waals surface area contributed by atoms with E-state index in [4.69, 9.17) is 9.47 Å². The summed E-state index contributed by atoms with van der Waals surface area (Å²) >= 11 is 0. The molecular weight excluding hydrogens is 388 g/mol. The molecule has 5 nitrogen and oxygen atoms in total. The van der Waals surface area contributed by atoms with Crippen molar-refractivity contribution in [3.8, 4) is 11.5 Å². The van der Waals surface area contributed by atoms with Crippen molar-refractivity contribution in [3.05, 3.63) is 59.7 Å². The van der Waals surface area contributed by atoms with Gasteiger partial charge in [-0.2, -0.15) is 0 Å². The first-order valence-corrected chi connectivity index (χ1v) is 11.5. The van der Waals surface area contributed by atoms with Gasteiger partial charge in [0.25, 0.3) is 0 Å². The molecule has 0 bridgehead atoms. The molecule has 0 aliphatic heterocycles. The monoisotopic (exact) mass is 426 g/mol. The third-order valence-electron chi connectivity index (χ3n) is 6.12. The van der Waals surface area contributed by atoms with E-state index in [1.807, 2.05) is 30.3 Å². The fourth-order valence-corrected chi connectivity index (χ4v) is 4.47. The third kappa shape index (κ3) is 7.53. The van der Waals surface area contributed by atoms with Crippen LogP contribution in [0.4, 0.5) is 0 Å². The Bertz CT molecular complexity index is 792. The Hall–Kier alpha value is -2.08. The molecule has 2 aromatic carbocycles. The van der Waals surface area contributed by atoms with Gasteiger partial charge in [0.1, 0.15) is 24.2 Å². The van der Waals surface area contributed by atoms with Gasteiger partial charge < -0.3 is 19.5 Å². The zero-order valence-electron chi connectivity index (χ0n) is 19.3.